The van der Waals surface area contributed by atoms with Gasteiger partial charge in [-0.25, -0.2) is 4.98 Å². The van der Waals surface area contributed by atoms with Crippen molar-refractivity contribution in [3.8, 4) is 0 Å². The number of hydrogen-bond acceptors (Lipinski definition) is 4. The molecule has 3 N–H and O–H groups in total. The zero-order valence-corrected chi connectivity index (χ0v) is 12.1. The molecule has 18 heavy (non-hydrogen) atoms. The molecule has 2 rings (SSSR count). The summed E-state index contributed by atoms with van der Waals surface area (Å²) in [5.41, 5.74) is 7.73. The Kier molecular flexibility index (Phi) is 3.98. The number of nitrogens with two attached hydrogens (primary N) is 1. The summed E-state index contributed by atoms with van der Waals surface area (Å²) in [5.74, 6) is -0.165. The van der Waals surface area contributed by atoms with Crippen LogP contribution in [0.15, 0.2) is 28.1 Å². The molecule has 94 valence electrons. The second-order valence-electron chi connectivity index (χ2n) is 3.80. The maximum absolute atomic E-state index is 12.0. The summed E-state index contributed by atoms with van der Waals surface area (Å²) in [4.78, 5) is 16.3. The molecule has 0 spiro atoms. The van der Waals surface area contributed by atoms with Crippen LogP contribution in [-0.4, -0.2) is 10.9 Å². The normalized spacial score (nSPS) is 10.3. The number of carbonyl (C=O) groups excluding carboxylic acids is 1. The predicted molar refractivity (Wildman–Crippen MR) is 76.6 cm³/mol. The molecular weight excluding hydrogens is 314 g/mol. The molecule has 1 heterocycles. The number of aromatic nitrogens is 1. The van der Waals surface area contributed by atoms with Gasteiger partial charge in [-0.2, -0.15) is 0 Å². The van der Waals surface area contributed by atoms with Crippen molar-refractivity contribution >= 4 is 38.9 Å². The van der Waals surface area contributed by atoms with Gasteiger partial charge < -0.3 is 11.1 Å². The SMILES string of the molecule is Cc1csc(CNC(=O)c2cc(N)ccc2Br)n1. The molecule has 6 heteroatoms. The van der Waals surface area contributed by atoms with Crippen molar-refractivity contribution < 1.29 is 4.79 Å². The largest absolute Gasteiger partial charge is 0.399 e. The molecule has 0 aliphatic carbocycles. The van der Waals surface area contributed by atoms with Gasteiger partial charge in [0.25, 0.3) is 5.91 Å². The molecule has 0 saturated heterocycles. The van der Waals surface area contributed by atoms with Gasteiger partial charge in [0.1, 0.15) is 5.01 Å². The van der Waals surface area contributed by atoms with E-state index in [0.717, 1.165) is 15.2 Å². The quantitative estimate of drug-likeness (QED) is 0.852. The minimum atomic E-state index is -0.165. The number of anilines is 1. The number of nitrogen functional groups attached to an aromatic ring is 1. The third kappa shape index (κ3) is 3.08. The van der Waals surface area contributed by atoms with E-state index in [2.05, 4.69) is 26.2 Å². The third-order valence-electron chi connectivity index (χ3n) is 2.30. The van der Waals surface area contributed by atoms with E-state index in [0.29, 0.717) is 17.8 Å². The fourth-order valence-corrected chi connectivity index (χ4v) is 2.59. The smallest absolute Gasteiger partial charge is 0.252 e. The molecule has 0 atom stereocenters. The number of aryl methyl sites for hydroxylation is 1. The van der Waals surface area contributed by atoms with E-state index < -0.39 is 0 Å². The van der Waals surface area contributed by atoms with Crippen LogP contribution in [0.1, 0.15) is 21.1 Å². The third-order valence-corrected chi connectivity index (χ3v) is 3.96. The molecule has 1 aromatic carbocycles. The van der Waals surface area contributed by atoms with Crippen LogP contribution in [0.3, 0.4) is 0 Å². The summed E-state index contributed by atoms with van der Waals surface area (Å²) in [6.07, 6.45) is 0. The summed E-state index contributed by atoms with van der Waals surface area (Å²) in [6, 6.07) is 5.15. The first-order chi connectivity index (χ1) is 8.56. The van der Waals surface area contributed by atoms with Crippen LogP contribution in [0.25, 0.3) is 0 Å². The molecule has 1 aromatic heterocycles. The van der Waals surface area contributed by atoms with Crippen LogP contribution in [0.2, 0.25) is 0 Å². The number of halogens is 1. The van der Waals surface area contributed by atoms with Crippen molar-refractivity contribution in [3.63, 3.8) is 0 Å². The van der Waals surface area contributed by atoms with Crippen LogP contribution in [0, 0.1) is 6.92 Å². The van der Waals surface area contributed by atoms with Crippen LogP contribution < -0.4 is 11.1 Å². The Balaban J connectivity index is 2.05. The number of nitrogens with zero attached hydrogens (tertiary/aromatic N) is 1. The Labute approximate surface area is 117 Å². The fourth-order valence-electron chi connectivity index (χ4n) is 1.45. The molecule has 4 nitrogen and oxygen atoms in total. The first-order valence-electron chi connectivity index (χ1n) is 5.30. The first kappa shape index (κ1) is 13.0. The van der Waals surface area contributed by atoms with Crippen LogP contribution >= 0.6 is 27.3 Å². The van der Waals surface area contributed by atoms with Gasteiger partial charge in [0.2, 0.25) is 0 Å². The molecule has 0 radical (unpaired) electrons. The molecule has 2 aromatic rings. The molecule has 0 fully saturated rings. The van der Waals surface area contributed by atoms with E-state index in [9.17, 15) is 4.79 Å². The number of rotatable bonds is 3. The number of carbonyl (C=O) groups is 1. The zero-order chi connectivity index (χ0) is 13.1. The van der Waals surface area contributed by atoms with Gasteiger partial charge >= 0.3 is 0 Å². The van der Waals surface area contributed by atoms with Crippen LogP contribution in [0.4, 0.5) is 5.69 Å². The molecule has 0 unspecified atom stereocenters. The summed E-state index contributed by atoms with van der Waals surface area (Å²) < 4.78 is 0.726. The molecule has 0 saturated carbocycles. The number of benzene rings is 1. The van der Waals surface area contributed by atoms with Crippen molar-refractivity contribution in [2.24, 2.45) is 0 Å². The topological polar surface area (TPSA) is 68.0 Å². The summed E-state index contributed by atoms with van der Waals surface area (Å²) in [6.45, 7) is 2.36. The van der Waals surface area contributed by atoms with Crippen LogP contribution in [-0.2, 0) is 6.54 Å². The van der Waals surface area contributed by atoms with Crippen molar-refractivity contribution in [2.45, 2.75) is 13.5 Å². The lowest BCUT2D eigenvalue weighted by molar-refractivity contribution is 0.0950. The average molecular weight is 326 g/mol. The lowest BCUT2D eigenvalue weighted by Crippen LogP contribution is -2.23. The van der Waals surface area contributed by atoms with E-state index in [1.807, 2.05) is 12.3 Å². The highest BCUT2D eigenvalue weighted by molar-refractivity contribution is 9.10. The van der Waals surface area contributed by atoms with Gasteiger partial charge in [0, 0.05) is 21.2 Å². The first-order valence-corrected chi connectivity index (χ1v) is 6.98. The van der Waals surface area contributed by atoms with Crippen LogP contribution in [0.5, 0.6) is 0 Å². The Morgan fingerprint density at radius 2 is 2.33 bits per heavy atom. The number of hydrogen-bond donors (Lipinski definition) is 2. The fraction of sp³-hybridized carbons (Fsp3) is 0.167. The van der Waals surface area contributed by atoms with E-state index in [-0.39, 0.29) is 5.91 Å². The van der Waals surface area contributed by atoms with Gasteiger partial charge in [-0.15, -0.1) is 11.3 Å². The molecular formula is C12H12BrN3OS. The highest BCUT2D eigenvalue weighted by atomic mass is 79.9. The van der Waals surface area contributed by atoms with Gasteiger partial charge in [0.15, 0.2) is 0 Å². The standard InChI is InChI=1S/C12H12BrN3OS/c1-7-6-18-11(16-7)5-15-12(17)9-4-8(14)2-3-10(9)13/h2-4,6H,5,14H2,1H3,(H,15,17). The number of thiazole rings is 1. The second kappa shape index (κ2) is 5.49. The monoisotopic (exact) mass is 325 g/mol. The Hall–Kier alpha value is -1.40. The molecule has 0 bridgehead atoms. The lowest BCUT2D eigenvalue weighted by Gasteiger charge is -2.06. The van der Waals surface area contributed by atoms with E-state index >= 15 is 0 Å². The molecule has 1 amide bonds. The van der Waals surface area contributed by atoms with Crippen molar-refractivity contribution in [2.75, 3.05) is 5.73 Å². The van der Waals surface area contributed by atoms with Gasteiger partial charge in [-0.3, -0.25) is 4.79 Å². The minimum Gasteiger partial charge on any atom is -0.399 e. The van der Waals surface area contributed by atoms with Gasteiger partial charge in [-0.1, -0.05) is 0 Å². The predicted octanol–water partition coefficient (Wildman–Crippen LogP) is 2.73. The summed E-state index contributed by atoms with van der Waals surface area (Å²) in [7, 11) is 0. The maximum atomic E-state index is 12.0. The van der Waals surface area contributed by atoms with Crippen molar-refractivity contribution in [3.05, 3.63) is 44.3 Å². The maximum Gasteiger partial charge on any atom is 0.252 e. The number of amides is 1. The minimum absolute atomic E-state index is 0.165. The molecule has 0 aliphatic rings. The van der Waals surface area contributed by atoms with E-state index in [4.69, 9.17) is 5.73 Å². The zero-order valence-electron chi connectivity index (χ0n) is 9.74. The van der Waals surface area contributed by atoms with Gasteiger partial charge in [-0.05, 0) is 41.1 Å². The van der Waals surface area contributed by atoms with Crippen molar-refractivity contribution in [1.82, 2.24) is 10.3 Å². The Morgan fingerprint density at radius 1 is 1.56 bits per heavy atom. The second-order valence-corrected chi connectivity index (χ2v) is 5.60. The Morgan fingerprint density at radius 3 is 3.00 bits per heavy atom. The van der Waals surface area contributed by atoms with Gasteiger partial charge in [0.05, 0.1) is 12.1 Å². The average Bonchev–Trinajstić information content (AvgIpc) is 2.75. The van der Waals surface area contributed by atoms with Crippen molar-refractivity contribution in [1.29, 1.82) is 0 Å². The summed E-state index contributed by atoms with van der Waals surface area (Å²) in [5, 5.41) is 5.67. The lowest BCUT2D eigenvalue weighted by atomic mass is 10.2. The highest BCUT2D eigenvalue weighted by Gasteiger charge is 2.10. The van der Waals surface area contributed by atoms with E-state index in [1.165, 1.54) is 11.3 Å². The highest BCUT2D eigenvalue weighted by Crippen LogP contribution is 2.19. The summed E-state index contributed by atoms with van der Waals surface area (Å²) >= 11 is 4.86. The number of nitrogens with one attached hydrogen (secondary N) is 1. The Bertz CT molecular complexity index is 582. The molecule has 0 aliphatic heterocycles. The van der Waals surface area contributed by atoms with E-state index in [1.54, 1.807) is 18.2 Å².